The summed E-state index contributed by atoms with van der Waals surface area (Å²) >= 11 is 1.26. The lowest BCUT2D eigenvalue weighted by Gasteiger charge is -2.13. The fraction of sp³-hybridized carbons (Fsp3) is 0.167. The van der Waals surface area contributed by atoms with Crippen molar-refractivity contribution in [2.45, 2.75) is 13.8 Å². The number of carbonyl (C=O) groups is 1. The van der Waals surface area contributed by atoms with Crippen LogP contribution in [-0.4, -0.2) is 34.8 Å². The van der Waals surface area contributed by atoms with Crippen molar-refractivity contribution >= 4 is 40.3 Å². The zero-order valence-electron chi connectivity index (χ0n) is 19.0. The van der Waals surface area contributed by atoms with Gasteiger partial charge >= 0.3 is 0 Å². The van der Waals surface area contributed by atoms with Crippen molar-refractivity contribution < 1.29 is 19.2 Å². The fourth-order valence-corrected chi connectivity index (χ4v) is 4.50. The number of methoxy groups -OCH3 is 2. The standard InChI is InChI=1S/C24H22N4O5S/c1-14-11-16(15(2)27(14)20-10-7-18(28(30)31)13-21(20)33-4)12-22-23(29)26-24(34-22)25-17-5-8-19(32-3)9-6-17/h5-13H,1-4H3,(H,25,26,29)/b22-12+. The summed E-state index contributed by atoms with van der Waals surface area (Å²) in [5.74, 6) is 0.889. The highest BCUT2D eigenvalue weighted by atomic mass is 32.2. The molecular formula is C24H22N4O5S. The minimum absolute atomic E-state index is 0.0480. The van der Waals surface area contributed by atoms with Crippen LogP contribution in [0.3, 0.4) is 0 Å². The lowest BCUT2D eigenvalue weighted by molar-refractivity contribution is -0.384. The van der Waals surface area contributed by atoms with Crippen molar-refractivity contribution in [1.29, 1.82) is 0 Å². The monoisotopic (exact) mass is 478 g/mol. The first-order valence-corrected chi connectivity index (χ1v) is 11.1. The highest BCUT2D eigenvalue weighted by Crippen LogP contribution is 2.34. The normalized spacial score (nSPS) is 15.6. The molecule has 1 N–H and O–H groups in total. The second-order valence-electron chi connectivity index (χ2n) is 7.45. The van der Waals surface area contributed by atoms with Crippen LogP contribution in [0.15, 0.2) is 58.4 Å². The first-order chi connectivity index (χ1) is 16.3. The van der Waals surface area contributed by atoms with E-state index in [-0.39, 0.29) is 11.6 Å². The van der Waals surface area contributed by atoms with Gasteiger partial charge in [0, 0.05) is 17.5 Å². The number of aryl methyl sites for hydroxylation is 1. The van der Waals surface area contributed by atoms with Gasteiger partial charge in [0.2, 0.25) is 0 Å². The topological polar surface area (TPSA) is 108 Å². The number of thioether (sulfide) groups is 1. The quantitative estimate of drug-likeness (QED) is 0.306. The molecule has 10 heteroatoms. The van der Waals surface area contributed by atoms with E-state index in [2.05, 4.69) is 10.3 Å². The molecule has 1 fully saturated rings. The predicted octanol–water partition coefficient (Wildman–Crippen LogP) is 4.91. The number of hydrogen-bond donors (Lipinski definition) is 1. The molecule has 9 nitrogen and oxygen atoms in total. The fourth-order valence-electron chi connectivity index (χ4n) is 3.66. The Bertz CT molecular complexity index is 1340. The molecule has 1 saturated heterocycles. The lowest BCUT2D eigenvalue weighted by atomic mass is 10.2. The van der Waals surface area contributed by atoms with Gasteiger partial charge in [-0.15, -0.1) is 0 Å². The Morgan fingerprint density at radius 1 is 1.09 bits per heavy atom. The number of amidine groups is 1. The predicted molar refractivity (Wildman–Crippen MR) is 132 cm³/mol. The molecule has 0 aliphatic carbocycles. The molecule has 0 atom stereocenters. The second kappa shape index (κ2) is 9.44. The van der Waals surface area contributed by atoms with Crippen molar-refractivity contribution in [2.75, 3.05) is 14.2 Å². The first kappa shape index (κ1) is 23.1. The van der Waals surface area contributed by atoms with E-state index >= 15 is 0 Å². The summed E-state index contributed by atoms with van der Waals surface area (Å²) in [6.07, 6.45) is 1.81. The highest BCUT2D eigenvalue weighted by molar-refractivity contribution is 8.18. The number of non-ortho nitro benzene ring substituents is 1. The largest absolute Gasteiger partial charge is 0.497 e. The molecule has 0 bridgehead atoms. The Morgan fingerprint density at radius 3 is 2.47 bits per heavy atom. The van der Waals surface area contributed by atoms with Gasteiger partial charge in [-0.25, -0.2) is 4.99 Å². The van der Waals surface area contributed by atoms with E-state index in [0.29, 0.717) is 27.2 Å². The maximum Gasteiger partial charge on any atom is 0.273 e. The molecule has 1 aliphatic rings. The van der Waals surface area contributed by atoms with Crippen LogP contribution in [-0.2, 0) is 4.79 Å². The molecule has 4 rings (SSSR count). The number of nitro benzene ring substituents is 1. The van der Waals surface area contributed by atoms with Crippen molar-refractivity contribution in [3.8, 4) is 17.2 Å². The van der Waals surface area contributed by atoms with Gasteiger partial charge < -0.3 is 19.4 Å². The molecule has 0 radical (unpaired) electrons. The van der Waals surface area contributed by atoms with Crippen molar-refractivity contribution in [3.05, 3.63) is 80.5 Å². The van der Waals surface area contributed by atoms with E-state index in [9.17, 15) is 14.9 Å². The Morgan fingerprint density at radius 2 is 1.82 bits per heavy atom. The third kappa shape index (κ3) is 4.53. The van der Waals surface area contributed by atoms with E-state index in [0.717, 1.165) is 22.7 Å². The van der Waals surface area contributed by atoms with Crippen LogP contribution in [0, 0.1) is 24.0 Å². The number of aliphatic imine (C=N–C) groups is 1. The maximum absolute atomic E-state index is 12.6. The average Bonchev–Trinajstić information content (AvgIpc) is 3.31. The number of ether oxygens (including phenoxy) is 2. The summed E-state index contributed by atoms with van der Waals surface area (Å²) < 4.78 is 12.5. The van der Waals surface area contributed by atoms with Crippen LogP contribution < -0.4 is 14.8 Å². The van der Waals surface area contributed by atoms with Crippen LogP contribution >= 0.6 is 11.8 Å². The van der Waals surface area contributed by atoms with Gasteiger partial charge in [-0.1, -0.05) is 0 Å². The minimum atomic E-state index is -0.460. The molecule has 0 unspecified atom stereocenters. The Balaban J connectivity index is 1.65. The molecule has 34 heavy (non-hydrogen) atoms. The molecule has 1 aliphatic heterocycles. The summed E-state index contributed by atoms with van der Waals surface area (Å²) in [5, 5.41) is 14.4. The molecule has 2 heterocycles. The van der Waals surface area contributed by atoms with E-state index in [1.807, 2.05) is 42.7 Å². The second-order valence-corrected chi connectivity index (χ2v) is 8.49. The van der Waals surface area contributed by atoms with Gasteiger partial charge in [0.25, 0.3) is 11.6 Å². The summed E-state index contributed by atoms with van der Waals surface area (Å²) in [4.78, 5) is 28.2. The smallest absolute Gasteiger partial charge is 0.273 e. The number of aromatic nitrogens is 1. The average molecular weight is 479 g/mol. The first-order valence-electron chi connectivity index (χ1n) is 10.3. The molecule has 174 valence electrons. The maximum atomic E-state index is 12.6. The van der Waals surface area contributed by atoms with Gasteiger partial charge in [-0.2, -0.15) is 0 Å². The van der Waals surface area contributed by atoms with Gasteiger partial charge in [0.15, 0.2) is 5.17 Å². The van der Waals surface area contributed by atoms with Gasteiger partial charge in [-0.3, -0.25) is 14.9 Å². The molecule has 2 aromatic carbocycles. The van der Waals surface area contributed by atoms with Crippen LogP contribution in [0.4, 0.5) is 11.4 Å². The zero-order valence-corrected chi connectivity index (χ0v) is 19.8. The summed E-state index contributed by atoms with van der Waals surface area (Å²) in [6.45, 7) is 3.85. The molecular weight excluding hydrogens is 456 g/mol. The Labute approximate surface area is 200 Å². The highest BCUT2D eigenvalue weighted by Gasteiger charge is 2.25. The molecule has 0 saturated carbocycles. The van der Waals surface area contributed by atoms with E-state index in [1.165, 1.54) is 31.0 Å². The number of nitrogens with zero attached hydrogens (tertiary/aromatic N) is 3. The third-order valence-electron chi connectivity index (χ3n) is 5.33. The number of nitrogens with one attached hydrogen (secondary N) is 1. The number of rotatable bonds is 6. The number of hydrogen-bond acceptors (Lipinski definition) is 7. The van der Waals surface area contributed by atoms with Crippen LogP contribution in [0.5, 0.6) is 11.5 Å². The Kier molecular flexibility index (Phi) is 6.42. The summed E-state index contributed by atoms with van der Waals surface area (Å²) in [6, 6.07) is 13.7. The van der Waals surface area contributed by atoms with Gasteiger partial charge in [-0.05, 0) is 73.6 Å². The molecule has 3 aromatic rings. The summed E-state index contributed by atoms with van der Waals surface area (Å²) in [7, 11) is 3.07. The lowest BCUT2D eigenvalue weighted by Crippen LogP contribution is -2.19. The van der Waals surface area contributed by atoms with E-state index in [4.69, 9.17) is 9.47 Å². The van der Waals surface area contributed by atoms with E-state index in [1.54, 1.807) is 25.3 Å². The van der Waals surface area contributed by atoms with Crippen LogP contribution in [0.1, 0.15) is 17.0 Å². The van der Waals surface area contributed by atoms with Crippen LogP contribution in [0.25, 0.3) is 11.8 Å². The zero-order chi connectivity index (χ0) is 24.4. The number of benzene rings is 2. The van der Waals surface area contributed by atoms with Gasteiger partial charge in [0.1, 0.15) is 11.5 Å². The third-order valence-corrected chi connectivity index (χ3v) is 6.24. The number of carbonyl (C=O) groups excluding carboxylic acids is 1. The molecule has 0 spiro atoms. The van der Waals surface area contributed by atoms with E-state index < -0.39 is 4.92 Å². The Hall–Kier alpha value is -4.05. The minimum Gasteiger partial charge on any atom is -0.497 e. The summed E-state index contributed by atoms with van der Waals surface area (Å²) in [5.41, 5.74) is 3.94. The van der Waals surface area contributed by atoms with Crippen LogP contribution in [0.2, 0.25) is 0 Å². The van der Waals surface area contributed by atoms with Crippen molar-refractivity contribution in [3.63, 3.8) is 0 Å². The van der Waals surface area contributed by atoms with Crippen molar-refractivity contribution in [2.24, 2.45) is 4.99 Å². The van der Waals surface area contributed by atoms with Gasteiger partial charge in [0.05, 0.1) is 41.5 Å². The van der Waals surface area contributed by atoms with Crippen molar-refractivity contribution in [1.82, 2.24) is 9.88 Å². The number of nitro groups is 1. The number of amides is 1. The molecule has 1 amide bonds. The SMILES string of the molecule is COc1ccc(N=C2NC(=O)/C(=C\c3cc(C)n(-c4ccc([N+](=O)[O-])cc4OC)c3C)S2)cc1. The molecule has 1 aromatic heterocycles.